The molecule has 3 aromatic rings. The van der Waals surface area contributed by atoms with Crippen LogP contribution in [0.25, 0.3) is 22.4 Å². The summed E-state index contributed by atoms with van der Waals surface area (Å²) >= 11 is 0. The molecule has 2 aromatic carbocycles. The van der Waals surface area contributed by atoms with Crippen LogP contribution in [0.4, 0.5) is 5.69 Å². The Morgan fingerprint density at radius 1 is 0.737 bits per heavy atom. The van der Waals surface area contributed by atoms with Crippen LogP contribution in [0.5, 0.6) is 0 Å². The lowest BCUT2D eigenvalue weighted by atomic mass is 10.0. The summed E-state index contributed by atoms with van der Waals surface area (Å²) in [6, 6.07) is 12.2. The monoisotopic (exact) mass is 541 g/mol. The van der Waals surface area contributed by atoms with E-state index in [0.717, 1.165) is 36.3 Å². The van der Waals surface area contributed by atoms with Gasteiger partial charge in [0.15, 0.2) is 0 Å². The van der Waals surface area contributed by atoms with Crippen molar-refractivity contribution in [3.05, 3.63) is 42.5 Å². The Balaban J connectivity index is 1.41. The Labute approximate surface area is 229 Å². The molecular formula is C31H47N3O3S. The number of nitrogen functional groups attached to an aromatic ring is 1. The minimum Gasteiger partial charge on any atom is -0.399 e. The molecule has 3 rings (SSSR count). The molecule has 1 aromatic heterocycles. The van der Waals surface area contributed by atoms with Crippen molar-refractivity contribution in [1.29, 1.82) is 0 Å². The molecule has 6 nitrogen and oxygen atoms in total. The van der Waals surface area contributed by atoms with E-state index in [4.69, 9.17) is 10.7 Å². The molecule has 0 spiro atoms. The molecule has 3 N–H and O–H groups in total. The second-order valence-electron chi connectivity index (χ2n) is 10.6. The van der Waals surface area contributed by atoms with Crippen LogP contribution in [0.15, 0.2) is 47.4 Å². The Hall–Kier alpha value is -2.38. The van der Waals surface area contributed by atoms with Crippen molar-refractivity contribution in [3.8, 4) is 11.4 Å². The summed E-state index contributed by atoms with van der Waals surface area (Å²) in [6.07, 6.45) is 21.3. The van der Waals surface area contributed by atoms with Gasteiger partial charge in [0.05, 0.1) is 15.9 Å². The summed E-state index contributed by atoms with van der Waals surface area (Å²) in [6.45, 7) is 3.08. The van der Waals surface area contributed by atoms with E-state index in [-0.39, 0.29) is 4.90 Å². The number of hydrogen-bond acceptors (Lipinski definition) is 4. The quantitative estimate of drug-likeness (QED) is 0.0897. The van der Waals surface area contributed by atoms with E-state index in [0.29, 0.717) is 11.2 Å². The average molecular weight is 542 g/mol. The Morgan fingerprint density at radius 2 is 1.24 bits per heavy atom. The van der Waals surface area contributed by atoms with E-state index in [1.165, 1.54) is 102 Å². The molecule has 7 heteroatoms. The zero-order valence-corrected chi connectivity index (χ0v) is 24.0. The van der Waals surface area contributed by atoms with Crippen LogP contribution in [0.2, 0.25) is 0 Å². The lowest BCUT2D eigenvalue weighted by Gasteiger charge is -2.10. The summed E-state index contributed by atoms with van der Waals surface area (Å²) < 4.78 is 34.8. The summed E-state index contributed by atoms with van der Waals surface area (Å²) in [5.41, 5.74) is 8.91. The van der Waals surface area contributed by atoms with Gasteiger partial charge < -0.3 is 10.3 Å². The first-order valence-corrected chi connectivity index (χ1v) is 16.2. The standard InChI is InChI=1S/C31H47N3O3S/c1-2-3-4-5-6-7-8-9-10-11-12-13-14-15-16-17-24-34-30-23-22-28(38(35,36)37)25-29(30)33-31(34)26-18-20-27(32)21-19-26/h18-23,25H,2-17,24,32H2,1H3,(H,35,36,37). The van der Waals surface area contributed by atoms with Gasteiger partial charge in [-0.2, -0.15) is 8.42 Å². The van der Waals surface area contributed by atoms with Crippen molar-refractivity contribution < 1.29 is 13.0 Å². The molecule has 1 heterocycles. The second-order valence-corrected chi connectivity index (χ2v) is 12.1. The minimum absolute atomic E-state index is 0.138. The number of nitrogens with two attached hydrogens (primary N) is 1. The zero-order chi connectivity index (χ0) is 27.2. The molecule has 0 fully saturated rings. The second kappa shape index (κ2) is 15.9. The minimum atomic E-state index is -4.28. The van der Waals surface area contributed by atoms with Crippen LogP contribution >= 0.6 is 0 Å². The Kier molecular flexibility index (Phi) is 12.6. The summed E-state index contributed by atoms with van der Waals surface area (Å²) in [4.78, 5) is 4.59. The highest BCUT2D eigenvalue weighted by Gasteiger charge is 2.16. The molecule has 0 aliphatic heterocycles. The number of unbranched alkanes of at least 4 members (excludes halogenated alkanes) is 15. The largest absolute Gasteiger partial charge is 0.399 e. The van der Waals surface area contributed by atoms with Gasteiger partial charge in [0.2, 0.25) is 0 Å². The van der Waals surface area contributed by atoms with E-state index >= 15 is 0 Å². The van der Waals surface area contributed by atoms with Gasteiger partial charge >= 0.3 is 0 Å². The molecule has 0 radical (unpaired) electrons. The van der Waals surface area contributed by atoms with Gasteiger partial charge in [0, 0.05) is 17.8 Å². The first kappa shape index (κ1) is 30.2. The van der Waals surface area contributed by atoms with Gasteiger partial charge in [0.1, 0.15) is 5.82 Å². The van der Waals surface area contributed by atoms with Crippen LogP contribution in [0.3, 0.4) is 0 Å². The molecule has 210 valence electrons. The van der Waals surface area contributed by atoms with Gasteiger partial charge in [-0.3, -0.25) is 4.55 Å². The molecule has 0 aliphatic rings. The van der Waals surface area contributed by atoms with Crippen molar-refractivity contribution >= 4 is 26.8 Å². The first-order valence-electron chi connectivity index (χ1n) is 14.7. The predicted octanol–water partition coefficient (Wildman–Crippen LogP) is 8.79. The Morgan fingerprint density at radius 3 is 1.74 bits per heavy atom. The molecule has 0 saturated carbocycles. The number of benzene rings is 2. The molecule has 0 amide bonds. The third kappa shape index (κ3) is 9.73. The lowest BCUT2D eigenvalue weighted by molar-refractivity contribution is 0.483. The number of rotatable bonds is 19. The van der Waals surface area contributed by atoms with Gasteiger partial charge in [-0.25, -0.2) is 4.98 Å². The number of nitrogens with zero attached hydrogens (tertiary/aromatic N) is 2. The number of imidazole rings is 1. The van der Waals surface area contributed by atoms with Crippen LogP contribution < -0.4 is 5.73 Å². The van der Waals surface area contributed by atoms with E-state index < -0.39 is 10.1 Å². The molecule has 0 unspecified atom stereocenters. The summed E-state index contributed by atoms with van der Waals surface area (Å²) in [5, 5.41) is 0. The molecular weight excluding hydrogens is 494 g/mol. The molecule has 0 saturated heterocycles. The van der Waals surface area contributed by atoms with Crippen molar-refractivity contribution in [2.75, 3.05) is 5.73 Å². The first-order chi connectivity index (χ1) is 18.4. The molecule has 38 heavy (non-hydrogen) atoms. The van der Waals surface area contributed by atoms with Crippen molar-refractivity contribution in [1.82, 2.24) is 9.55 Å². The smallest absolute Gasteiger partial charge is 0.294 e. The van der Waals surface area contributed by atoms with Crippen LogP contribution in [-0.2, 0) is 16.7 Å². The van der Waals surface area contributed by atoms with Crippen molar-refractivity contribution in [3.63, 3.8) is 0 Å². The number of aromatic nitrogens is 2. The SMILES string of the molecule is CCCCCCCCCCCCCCCCCCn1c(-c2ccc(N)cc2)nc2cc(S(=O)(=O)O)ccc21. The fraction of sp³-hybridized carbons (Fsp3) is 0.581. The third-order valence-corrected chi connectivity index (χ3v) is 8.27. The van der Waals surface area contributed by atoms with E-state index in [2.05, 4.69) is 11.5 Å². The topological polar surface area (TPSA) is 98.2 Å². The molecule has 0 aliphatic carbocycles. The maximum absolute atomic E-state index is 11.6. The van der Waals surface area contributed by atoms with Gasteiger partial charge in [-0.1, -0.05) is 103 Å². The summed E-state index contributed by atoms with van der Waals surface area (Å²) in [5.74, 6) is 0.786. The highest BCUT2D eigenvalue weighted by atomic mass is 32.2. The maximum atomic E-state index is 11.6. The maximum Gasteiger partial charge on any atom is 0.294 e. The van der Waals surface area contributed by atoms with Crippen molar-refractivity contribution in [2.45, 2.75) is 121 Å². The highest BCUT2D eigenvalue weighted by Crippen LogP contribution is 2.28. The van der Waals surface area contributed by atoms with Crippen LogP contribution in [-0.4, -0.2) is 22.5 Å². The van der Waals surface area contributed by atoms with Gasteiger partial charge in [0.25, 0.3) is 10.1 Å². The van der Waals surface area contributed by atoms with E-state index in [1.54, 1.807) is 6.07 Å². The molecule has 0 atom stereocenters. The zero-order valence-electron chi connectivity index (χ0n) is 23.2. The van der Waals surface area contributed by atoms with Crippen LogP contribution in [0.1, 0.15) is 110 Å². The van der Waals surface area contributed by atoms with Crippen LogP contribution in [0, 0.1) is 0 Å². The number of aryl methyl sites for hydroxylation is 1. The summed E-state index contributed by atoms with van der Waals surface area (Å²) in [7, 11) is -4.28. The van der Waals surface area contributed by atoms with E-state index in [9.17, 15) is 13.0 Å². The van der Waals surface area contributed by atoms with Crippen molar-refractivity contribution in [2.24, 2.45) is 0 Å². The lowest BCUT2D eigenvalue weighted by Crippen LogP contribution is -2.02. The predicted molar refractivity (Wildman–Crippen MR) is 159 cm³/mol. The van der Waals surface area contributed by atoms with E-state index in [1.807, 2.05) is 24.3 Å². The third-order valence-electron chi connectivity index (χ3n) is 7.42. The average Bonchev–Trinajstić information content (AvgIpc) is 3.26. The Bertz CT molecular complexity index is 1200. The van der Waals surface area contributed by atoms with Gasteiger partial charge in [-0.05, 0) is 48.9 Å². The highest BCUT2D eigenvalue weighted by molar-refractivity contribution is 7.85. The fourth-order valence-corrected chi connectivity index (χ4v) is 5.67. The van der Waals surface area contributed by atoms with Gasteiger partial charge in [-0.15, -0.1) is 0 Å². The molecule has 0 bridgehead atoms. The number of hydrogen-bond donors (Lipinski definition) is 2. The normalized spacial score (nSPS) is 11.9. The number of fused-ring (bicyclic) bond motifs is 1. The fourth-order valence-electron chi connectivity index (χ4n) is 5.17. The number of anilines is 1.